The first-order valence-corrected chi connectivity index (χ1v) is 4.86. The first-order valence-electron chi connectivity index (χ1n) is 4.86. The van der Waals surface area contributed by atoms with E-state index in [-0.39, 0.29) is 0 Å². The Morgan fingerprint density at radius 1 is 1.50 bits per heavy atom. The molecule has 3 heteroatoms. The van der Waals surface area contributed by atoms with Crippen LogP contribution in [0.3, 0.4) is 0 Å². The van der Waals surface area contributed by atoms with Crippen molar-refractivity contribution in [1.82, 2.24) is 0 Å². The Morgan fingerprint density at radius 2 is 2.29 bits per heavy atom. The van der Waals surface area contributed by atoms with Crippen LogP contribution in [0.15, 0.2) is 24.3 Å². The summed E-state index contributed by atoms with van der Waals surface area (Å²) in [7, 11) is 1.89. The quantitative estimate of drug-likeness (QED) is 0.625. The van der Waals surface area contributed by atoms with E-state index in [0.717, 1.165) is 11.3 Å². The second-order valence-corrected chi connectivity index (χ2v) is 3.96. The average Bonchev–Trinajstić information content (AvgIpc) is 2.67. The van der Waals surface area contributed by atoms with Crippen LogP contribution in [0.2, 0.25) is 0 Å². The van der Waals surface area contributed by atoms with Crippen molar-refractivity contribution in [2.75, 3.05) is 18.6 Å². The normalized spacial score (nSPS) is 34.4. The number of alkyl halides is 1. The Morgan fingerprint density at radius 3 is 3.14 bits per heavy atom. The summed E-state index contributed by atoms with van der Waals surface area (Å²) in [6.45, 7) is 0.514. The lowest BCUT2D eigenvalue weighted by molar-refractivity contribution is 0.0341. The van der Waals surface area contributed by atoms with Crippen molar-refractivity contribution < 1.29 is 9.13 Å². The number of nitrogens with zero attached hydrogens (tertiary/aromatic N) is 1. The van der Waals surface area contributed by atoms with Gasteiger partial charge in [-0.25, -0.2) is 4.39 Å². The molecule has 2 aliphatic rings. The minimum absolute atomic E-state index is 0.417. The lowest BCUT2D eigenvalue weighted by atomic mass is 9.95. The summed E-state index contributed by atoms with van der Waals surface area (Å²) in [5, 5.41) is 0. The molecule has 0 N–H and O–H groups in total. The van der Waals surface area contributed by atoms with Crippen LogP contribution in [0.4, 0.5) is 10.1 Å². The van der Waals surface area contributed by atoms with Crippen LogP contribution in [0, 0.1) is 0 Å². The van der Waals surface area contributed by atoms with Gasteiger partial charge in [-0.15, -0.1) is 0 Å². The van der Waals surface area contributed by atoms with Gasteiger partial charge in [0.25, 0.3) is 0 Å². The van der Waals surface area contributed by atoms with Crippen LogP contribution >= 0.6 is 0 Å². The molecule has 0 bridgehead atoms. The van der Waals surface area contributed by atoms with Crippen LogP contribution in [-0.2, 0) is 10.4 Å². The largest absolute Gasteiger partial charge is 0.354 e. The second kappa shape index (κ2) is 2.48. The highest BCUT2D eigenvalue weighted by molar-refractivity contribution is 5.62. The molecule has 0 radical (unpaired) electrons. The van der Waals surface area contributed by atoms with Gasteiger partial charge < -0.3 is 9.64 Å². The average molecular weight is 193 g/mol. The predicted molar refractivity (Wildman–Crippen MR) is 52.0 cm³/mol. The molecule has 0 spiro atoms. The molecule has 0 unspecified atom stereocenters. The summed E-state index contributed by atoms with van der Waals surface area (Å²) in [4.78, 5) is 1.89. The summed E-state index contributed by atoms with van der Waals surface area (Å²) in [6, 6.07) is 7.62. The van der Waals surface area contributed by atoms with Crippen LogP contribution < -0.4 is 4.90 Å². The molecule has 0 aliphatic carbocycles. The summed E-state index contributed by atoms with van der Waals surface area (Å²) in [5.74, 6) is 0. The third-order valence-electron chi connectivity index (χ3n) is 3.22. The number of halogens is 1. The van der Waals surface area contributed by atoms with Gasteiger partial charge in [0, 0.05) is 24.7 Å². The van der Waals surface area contributed by atoms with E-state index in [9.17, 15) is 4.39 Å². The Hall–Kier alpha value is -1.09. The minimum atomic E-state index is -1.29. The van der Waals surface area contributed by atoms with E-state index in [1.54, 1.807) is 0 Å². The van der Waals surface area contributed by atoms with Crippen LogP contribution in [0.5, 0.6) is 0 Å². The van der Waals surface area contributed by atoms with Crippen molar-refractivity contribution in [3.63, 3.8) is 0 Å². The van der Waals surface area contributed by atoms with Gasteiger partial charge in [0.05, 0.1) is 6.61 Å². The zero-order valence-electron chi connectivity index (χ0n) is 8.03. The number of para-hydroxylation sites is 1. The molecule has 2 aliphatic heterocycles. The third-order valence-corrected chi connectivity index (χ3v) is 3.22. The van der Waals surface area contributed by atoms with E-state index >= 15 is 0 Å². The van der Waals surface area contributed by atoms with Crippen LogP contribution in [0.1, 0.15) is 12.0 Å². The molecule has 74 valence electrons. The number of fused-ring (bicyclic) bond motifs is 3. The number of rotatable bonds is 0. The molecule has 2 atom stereocenters. The monoisotopic (exact) mass is 193 g/mol. The Labute approximate surface area is 82.3 Å². The number of likely N-dealkylation sites (N-methyl/N-ethyl adjacent to an activating group) is 1. The topological polar surface area (TPSA) is 12.5 Å². The summed E-state index contributed by atoms with van der Waals surface area (Å²) in [5.41, 5.74) is 0.454. The van der Waals surface area contributed by atoms with Crippen molar-refractivity contribution in [1.29, 1.82) is 0 Å². The SMILES string of the molecule is CN1c2ccccc2[C@]2(F)CCO[C@H]12. The van der Waals surface area contributed by atoms with Crippen molar-refractivity contribution in [2.24, 2.45) is 0 Å². The predicted octanol–water partition coefficient (Wildman–Crippen LogP) is 2.05. The Kier molecular flexibility index (Phi) is 1.46. The molecule has 2 nitrogen and oxygen atoms in total. The lowest BCUT2D eigenvalue weighted by Crippen LogP contribution is -2.36. The maximum atomic E-state index is 14.6. The highest BCUT2D eigenvalue weighted by atomic mass is 19.1. The standard InChI is InChI=1S/C11H12FNO/c1-13-9-5-3-2-4-8(9)11(12)6-7-14-10(11)13/h2-5,10H,6-7H2,1H3/t10-,11+/m0/s1. The van der Waals surface area contributed by atoms with Gasteiger partial charge in [-0.1, -0.05) is 18.2 Å². The van der Waals surface area contributed by atoms with Gasteiger partial charge in [-0.3, -0.25) is 0 Å². The first kappa shape index (κ1) is 8.24. The minimum Gasteiger partial charge on any atom is -0.354 e. The van der Waals surface area contributed by atoms with Gasteiger partial charge >= 0.3 is 0 Å². The molecule has 1 aromatic rings. The number of anilines is 1. The lowest BCUT2D eigenvalue weighted by Gasteiger charge is -2.23. The number of hydrogen-bond acceptors (Lipinski definition) is 2. The van der Waals surface area contributed by atoms with Crippen molar-refractivity contribution >= 4 is 5.69 Å². The van der Waals surface area contributed by atoms with Gasteiger partial charge in [0.15, 0.2) is 11.9 Å². The molecule has 3 rings (SSSR count). The molecular weight excluding hydrogens is 181 g/mol. The van der Waals surface area contributed by atoms with E-state index in [1.165, 1.54) is 0 Å². The molecule has 2 heterocycles. The first-order chi connectivity index (χ1) is 6.73. The molecule has 0 amide bonds. The zero-order chi connectivity index (χ0) is 9.76. The Bertz CT molecular complexity index is 381. The van der Waals surface area contributed by atoms with Gasteiger partial charge in [-0.05, 0) is 6.07 Å². The highest BCUT2D eigenvalue weighted by Gasteiger charge is 2.54. The highest BCUT2D eigenvalue weighted by Crippen LogP contribution is 2.51. The summed E-state index contributed by atoms with van der Waals surface area (Å²) < 4.78 is 20.0. The molecule has 1 aromatic carbocycles. The molecule has 1 fully saturated rings. The summed E-state index contributed by atoms with van der Waals surface area (Å²) >= 11 is 0. The molecule has 0 aromatic heterocycles. The van der Waals surface area contributed by atoms with E-state index < -0.39 is 11.9 Å². The smallest absolute Gasteiger partial charge is 0.184 e. The molecule has 0 saturated carbocycles. The number of ether oxygens (including phenoxy) is 1. The van der Waals surface area contributed by atoms with E-state index in [2.05, 4.69) is 0 Å². The maximum absolute atomic E-state index is 14.6. The molecule has 1 saturated heterocycles. The van der Waals surface area contributed by atoms with Crippen molar-refractivity contribution in [3.8, 4) is 0 Å². The van der Waals surface area contributed by atoms with Gasteiger partial charge in [0.2, 0.25) is 0 Å². The fraction of sp³-hybridized carbons (Fsp3) is 0.455. The fourth-order valence-corrected chi connectivity index (χ4v) is 2.52. The second-order valence-electron chi connectivity index (χ2n) is 3.96. The van der Waals surface area contributed by atoms with Crippen molar-refractivity contribution in [2.45, 2.75) is 18.3 Å². The fourth-order valence-electron chi connectivity index (χ4n) is 2.52. The van der Waals surface area contributed by atoms with Gasteiger partial charge in [0.1, 0.15) is 0 Å². The summed E-state index contributed by atoms with van der Waals surface area (Å²) in [6.07, 6.45) is 0.0545. The van der Waals surface area contributed by atoms with Crippen molar-refractivity contribution in [3.05, 3.63) is 29.8 Å². The van der Waals surface area contributed by atoms with E-state index in [4.69, 9.17) is 4.74 Å². The van der Waals surface area contributed by atoms with Crippen LogP contribution in [0.25, 0.3) is 0 Å². The Balaban J connectivity index is 2.21. The van der Waals surface area contributed by atoms with Gasteiger partial charge in [-0.2, -0.15) is 0 Å². The van der Waals surface area contributed by atoms with Crippen LogP contribution in [-0.4, -0.2) is 19.9 Å². The third kappa shape index (κ3) is 0.786. The van der Waals surface area contributed by atoms with E-state index in [0.29, 0.717) is 13.0 Å². The number of hydrogen-bond donors (Lipinski definition) is 0. The van der Waals surface area contributed by atoms with E-state index in [1.807, 2.05) is 36.2 Å². The molecular formula is C11H12FNO. The molecule has 14 heavy (non-hydrogen) atoms. The zero-order valence-corrected chi connectivity index (χ0v) is 8.03. The number of benzene rings is 1. The maximum Gasteiger partial charge on any atom is 0.184 e.